The van der Waals surface area contributed by atoms with Crippen LogP contribution in [-0.4, -0.2) is 74.2 Å². The van der Waals surface area contributed by atoms with Crippen molar-refractivity contribution >= 4 is 0 Å². The van der Waals surface area contributed by atoms with Crippen LogP contribution >= 0.6 is 0 Å². The highest BCUT2D eigenvalue weighted by atomic mass is 19.4. The van der Waals surface area contributed by atoms with Crippen molar-refractivity contribution in [1.82, 2.24) is 0 Å². The number of hydrogen-bond acceptors (Lipinski definition) is 3. The average Bonchev–Trinajstić information content (AvgIpc) is 2.43. The number of hydrogen-bond donors (Lipinski definition) is 1. The Morgan fingerprint density at radius 1 is 0.615 bits per heavy atom. The molecule has 0 aliphatic carbocycles. The van der Waals surface area contributed by atoms with Crippen LogP contribution in [0.3, 0.4) is 0 Å². The third-order valence-electron chi connectivity index (χ3n) is 2.53. The minimum absolute atomic E-state index is 1.25. The van der Waals surface area contributed by atoms with Crippen molar-refractivity contribution in [2.24, 2.45) is 0 Å². The van der Waals surface area contributed by atoms with Crippen LogP contribution in [0.25, 0.3) is 0 Å². The van der Waals surface area contributed by atoms with Crippen molar-refractivity contribution in [2.45, 2.75) is 42.6 Å². The van der Waals surface area contributed by atoms with Crippen LogP contribution in [0, 0.1) is 0 Å². The second-order valence-electron chi connectivity index (χ2n) is 5.01. The topological polar surface area (TPSA) is 38.7 Å². The SMILES string of the molecule is OC(COCC(F)(F)[C@@H](F)C(F)(F)F)COCC(F)(F)[C@@H](F)C(F)(F)F. The van der Waals surface area contributed by atoms with E-state index in [0.29, 0.717) is 0 Å². The molecule has 0 spiro atoms. The van der Waals surface area contributed by atoms with E-state index in [-0.39, 0.29) is 0 Å². The number of aliphatic hydroxyl groups excluding tert-OH is 1. The maximum absolute atomic E-state index is 12.8. The molecule has 3 nitrogen and oxygen atoms in total. The zero-order valence-corrected chi connectivity index (χ0v) is 12.4. The molecule has 0 aromatic carbocycles. The van der Waals surface area contributed by atoms with Crippen LogP contribution in [0.2, 0.25) is 0 Å². The highest BCUT2D eigenvalue weighted by Crippen LogP contribution is 2.36. The molecule has 26 heavy (non-hydrogen) atoms. The van der Waals surface area contributed by atoms with Crippen LogP contribution in [0.1, 0.15) is 0 Å². The molecule has 0 fully saturated rings. The molecule has 0 aliphatic heterocycles. The van der Waals surface area contributed by atoms with E-state index in [4.69, 9.17) is 5.11 Å². The van der Waals surface area contributed by atoms with E-state index in [9.17, 15) is 52.7 Å². The molecule has 15 heteroatoms. The predicted octanol–water partition coefficient (Wildman–Crippen LogP) is 3.45. The second-order valence-corrected chi connectivity index (χ2v) is 5.01. The fourth-order valence-electron chi connectivity index (χ4n) is 1.34. The zero-order chi connectivity index (χ0) is 21.0. The molecule has 0 heterocycles. The molecule has 1 N–H and O–H groups in total. The van der Waals surface area contributed by atoms with Gasteiger partial charge in [0.1, 0.15) is 19.3 Å². The molecule has 0 bridgehead atoms. The summed E-state index contributed by atoms with van der Waals surface area (Å²) in [5.41, 5.74) is 0. The maximum atomic E-state index is 12.8. The van der Waals surface area contributed by atoms with Gasteiger partial charge in [-0.25, -0.2) is 26.3 Å². The lowest BCUT2D eigenvalue weighted by atomic mass is 10.2. The highest BCUT2D eigenvalue weighted by Gasteiger charge is 2.57. The minimum Gasteiger partial charge on any atom is -0.388 e. The summed E-state index contributed by atoms with van der Waals surface area (Å²) in [6, 6.07) is 0. The molecule has 0 aromatic heterocycles. The quantitative estimate of drug-likeness (QED) is 0.551. The monoisotopic (exact) mass is 420 g/mol. The molecular formula is C11H12F12O3. The van der Waals surface area contributed by atoms with E-state index >= 15 is 0 Å². The normalized spacial score (nSPS) is 17.9. The van der Waals surface area contributed by atoms with Gasteiger partial charge in [-0.1, -0.05) is 0 Å². The molecule has 0 amide bonds. The van der Waals surface area contributed by atoms with Crippen LogP contribution in [0.15, 0.2) is 0 Å². The smallest absolute Gasteiger partial charge is 0.388 e. The Morgan fingerprint density at radius 3 is 1.12 bits per heavy atom. The number of aliphatic hydroxyl groups is 1. The summed E-state index contributed by atoms with van der Waals surface area (Å²) in [6.45, 7) is -6.77. The maximum Gasteiger partial charge on any atom is 0.425 e. The molecule has 0 saturated carbocycles. The third-order valence-corrected chi connectivity index (χ3v) is 2.53. The molecule has 0 radical (unpaired) electrons. The van der Waals surface area contributed by atoms with Crippen molar-refractivity contribution < 1.29 is 67.3 Å². The first-order valence-corrected chi connectivity index (χ1v) is 6.42. The molecule has 0 aromatic rings. The Morgan fingerprint density at radius 2 is 0.885 bits per heavy atom. The first-order valence-electron chi connectivity index (χ1n) is 6.42. The van der Waals surface area contributed by atoms with E-state index in [2.05, 4.69) is 9.47 Å². The summed E-state index contributed by atoms with van der Waals surface area (Å²) in [5.74, 6) is -10.0. The van der Waals surface area contributed by atoms with Gasteiger partial charge in [-0.3, -0.25) is 0 Å². The molecule has 0 unspecified atom stereocenters. The molecule has 0 saturated heterocycles. The molecule has 2 atom stereocenters. The zero-order valence-electron chi connectivity index (χ0n) is 12.4. The standard InChI is InChI=1S/C11H12F12O3/c12-6(10(18,19)20)8(14,15)3-25-1-5(24)2-26-4-9(16,17)7(13)11(21,22)23/h5-7,24H,1-4H2/t6-,7-/m1/s1. The van der Waals surface area contributed by atoms with E-state index in [1.54, 1.807) is 0 Å². The lowest BCUT2D eigenvalue weighted by Crippen LogP contribution is -2.46. The van der Waals surface area contributed by atoms with Crippen LogP contribution in [0.5, 0.6) is 0 Å². The van der Waals surface area contributed by atoms with Crippen molar-refractivity contribution in [2.75, 3.05) is 26.4 Å². The van der Waals surface area contributed by atoms with Crippen molar-refractivity contribution in [3.63, 3.8) is 0 Å². The van der Waals surface area contributed by atoms with Gasteiger partial charge >= 0.3 is 24.2 Å². The summed E-state index contributed by atoms with van der Waals surface area (Å²) in [6.07, 6.45) is -22.9. The summed E-state index contributed by atoms with van der Waals surface area (Å²) in [7, 11) is 0. The minimum atomic E-state index is -5.89. The van der Waals surface area contributed by atoms with Gasteiger partial charge in [0.15, 0.2) is 0 Å². The van der Waals surface area contributed by atoms with Gasteiger partial charge in [0.25, 0.3) is 12.3 Å². The van der Waals surface area contributed by atoms with Crippen LogP contribution in [-0.2, 0) is 9.47 Å². The van der Waals surface area contributed by atoms with E-state index in [0.717, 1.165) is 0 Å². The predicted molar refractivity (Wildman–Crippen MR) is 59.4 cm³/mol. The Balaban J connectivity index is 4.28. The van der Waals surface area contributed by atoms with E-state index in [1.165, 1.54) is 0 Å². The van der Waals surface area contributed by atoms with Crippen molar-refractivity contribution in [3.8, 4) is 0 Å². The van der Waals surface area contributed by atoms with Gasteiger partial charge in [-0.2, -0.15) is 26.3 Å². The number of rotatable bonds is 10. The van der Waals surface area contributed by atoms with E-state index in [1.807, 2.05) is 0 Å². The summed E-state index contributed by atoms with van der Waals surface area (Å²) >= 11 is 0. The molecular weight excluding hydrogens is 408 g/mol. The van der Waals surface area contributed by atoms with E-state index < -0.39 is 69.1 Å². The van der Waals surface area contributed by atoms with Gasteiger partial charge in [0.05, 0.1) is 13.2 Å². The van der Waals surface area contributed by atoms with Crippen LogP contribution < -0.4 is 0 Å². The number of ether oxygens (including phenoxy) is 2. The average molecular weight is 420 g/mol. The Kier molecular flexibility index (Phi) is 8.49. The van der Waals surface area contributed by atoms with Crippen molar-refractivity contribution in [1.29, 1.82) is 0 Å². The second kappa shape index (κ2) is 8.82. The van der Waals surface area contributed by atoms with Gasteiger partial charge in [-0.05, 0) is 0 Å². The molecule has 158 valence electrons. The van der Waals surface area contributed by atoms with Gasteiger partial charge in [0, 0.05) is 0 Å². The fraction of sp³-hybridized carbons (Fsp3) is 1.00. The van der Waals surface area contributed by atoms with Gasteiger partial charge in [0.2, 0.25) is 0 Å². The van der Waals surface area contributed by atoms with Gasteiger partial charge < -0.3 is 14.6 Å². The molecule has 0 rings (SSSR count). The van der Waals surface area contributed by atoms with Crippen molar-refractivity contribution in [3.05, 3.63) is 0 Å². The summed E-state index contributed by atoms with van der Waals surface area (Å²) in [5, 5.41) is 9.07. The Hall–Kier alpha value is -0.960. The third kappa shape index (κ3) is 8.16. The van der Waals surface area contributed by atoms with Crippen LogP contribution in [0.4, 0.5) is 52.7 Å². The first kappa shape index (κ1) is 25.0. The Bertz CT molecular complexity index is 384. The summed E-state index contributed by atoms with van der Waals surface area (Å²) < 4.78 is 155. The summed E-state index contributed by atoms with van der Waals surface area (Å²) in [4.78, 5) is 0. The molecule has 0 aliphatic rings. The number of alkyl halides is 12. The lowest BCUT2D eigenvalue weighted by molar-refractivity contribution is -0.258. The number of halogens is 12. The van der Waals surface area contributed by atoms with Gasteiger partial charge in [-0.15, -0.1) is 0 Å². The first-order chi connectivity index (χ1) is 11.4. The fourth-order valence-corrected chi connectivity index (χ4v) is 1.34. The highest BCUT2D eigenvalue weighted by molar-refractivity contribution is 4.83. The lowest BCUT2D eigenvalue weighted by Gasteiger charge is -2.24. The largest absolute Gasteiger partial charge is 0.425 e. The Labute approximate surface area is 137 Å².